The van der Waals surface area contributed by atoms with Gasteiger partial charge < -0.3 is 14.6 Å². The zero-order chi connectivity index (χ0) is 19.8. The molecule has 1 unspecified atom stereocenters. The molecule has 1 atom stereocenters. The van der Waals surface area contributed by atoms with Crippen LogP contribution in [0, 0.1) is 6.92 Å². The van der Waals surface area contributed by atoms with Crippen molar-refractivity contribution in [1.82, 2.24) is 24.6 Å². The number of hydrogen-bond donors (Lipinski definition) is 1. The summed E-state index contributed by atoms with van der Waals surface area (Å²) in [6.07, 6.45) is 3.59. The number of aryl methyl sites for hydroxylation is 3. The molecular formula is C20H21N5O2S. The van der Waals surface area contributed by atoms with Gasteiger partial charge in [0.1, 0.15) is 22.4 Å². The minimum atomic E-state index is -0.396. The van der Waals surface area contributed by atoms with Gasteiger partial charge in [-0.05, 0) is 30.7 Å². The summed E-state index contributed by atoms with van der Waals surface area (Å²) in [5.74, 6) is 1.34. The third-order valence-electron chi connectivity index (χ3n) is 4.74. The van der Waals surface area contributed by atoms with Crippen molar-refractivity contribution in [2.45, 2.75) is 13.0 Å². The van der Waals surface area contributed by atoms with E-state index in [9.17, 15) is 4.79 Å². The number of rotatable bonds is 5. The fourth-order valence-electron chi connectivity index (χ4n) is 3.29. The molecule has 0 bridgehead atoms. The standard InChI is InChI=1S/C20H21N5O2S/c1-12-15-11-16(28-20(15)25(3)23-12)19(26)22-17(18-21-8-9-24(18)2)13-6-5-7-14(10-13)27-4/h5-11,17H,1-4H3,(H,22,26). The van der Waals surface area contributed by atoms with Gasteiger partial charge >= 0.3 is 0 Å². The van der Waals surface area contributed by atoms with Crippen molar-refractivity contribution < 1.29 is 9.53 Å². The fourth-order valence-corrected chi connectivity index (χ4v) is 4.32. The highest BCUT2D eigenvalue weighted by atomic mass is 32.1. The molecule has 0 radical (unpaired) electrons. The summed E-state index contributed by atoms with van der Waals surface area (Å²) in [5.41, 5.74) is 1.82. The molecule has 0 aliphatic rings. The lowest BCUT2D eigenvalue weighted by atomic mass is 10.1. The molecule has 4 aromatic rings. The van der Waals surface area contributed by atoms with Gasteiger partial charge in [0.15, 0.2) is 0 Å². The van der Waals surface area contributed by atoms with E-state index in [-0.39, 0.29) is 5.91 Å². The van der Waals surface area contributed by atoms with Crippen LogP contribution in [0.1, 0.15) is 32.8 Å². The molecule has 0 saturated heterocycles. The van der Waals surface area contributed by atoms with Gasteiger partial charge in [-0.25, -0.2) is 4.98 Å². The lowest BCUT2D eigenvalue weighted by Crippen LogP contribution is -2.30. The molecule has 3 heterocycles. The maximum absolute atomic E-state index is 13.1. The molecule has 0 spiro atoms. The Hall–Kier alpha value is -3.13. The number of hydrogen-bond acceptors (Lipinski definition) is 5. The van der Waals surface area contributed by atoms with E-state index in [0.29, 0.717) is 4.88 Å². The maximum atomic E-state index is 13.1. The molecule has 0 aliphatic heterocycles. The van der Waals surface area contributed by atoms with Gasteiger partial charge in [-0.3, -0.25) is 9.48 Å². The normalized spacial score (nSPS) is 12.3. The second-order valence-corrected chi connectivity index (χ2v) is 7.65. The van der Waals surface area contributed by atoms with E-state index in [1.807, 2.05) is 66.8 Å². The van der Waals surface area contributed by atoms with Crippen molar-refractivity contribution in [1.29, 1.82) is 0 Å². The number of thiophene rings is 1. The molecule has 8 heteroatoms. The van der Waals surface area contributed by atoms with E-state index in [1.54, 1.807) is 13.3 Å². The van der Waals surface area contributed by atoms with Crippen LogP contribution in [-0.4, -0.2) is 32.3 Å². The van der Waals surface area contributed by atoms with Crippen molar-refractivity contribution in [2.24, 2.45) is 14.1 Å². The van der Waals surface area contributed by atoms with Crippen LogP contribution in [-0.2, 0) is 14.1 Å². The first-order valence-electron chi connectivity index (χ1n) is 8.83. The third-order valence-corrected chi connectivity index (χ3v) is 5.94. The first kappa shape index (κ1) is 18.2. The van der Waals surface area contributed by atoms with E-state index in [1.165, 1.54) is 11.3 Å². The van der Waals surface area contributed by atoms with Crippen LogP contribution in [0.15, 0.2) is 42.7 Å². The average molecular weight is 395 g/mol. The summed E-state index contributed by atoms with van der Waals surface area (Å²) in [6, 6.07) is 9.17. The number of methoxy groups -OCH3 is 1. The lowest BCUT2D eigenvalue weighted by Gasteiger charge is -2.19. The van der Waals surface area contributed by atoms with Crippen molar-refractivity contribution in [3.63, 3.8) is 0 Å². The molecule has 3 aromatic heterocycles. The van der Waals surface area contributed by atoms with E-state index < -0.39 is 6.04 Å². The largest absolute Gasteiger partial charge is 0.497 e. The number of carbonyl (C=O) groups is 1. The third kappa shape index (κ3) is 3.16. The summed E-state index contributed by atoms with van der Waals surface area (Å²) in [7, 11) is 5.43. The molecule has 0 fully saturated rings. The number of nitrogens with one attached hydrogen (secondary N) is 1. The SMILES string of the molecule is COc1cccc(C(NC(=O)c2cc3c(C)nn(C)c3s2)c2nccn2C)c1. The molecule has 7 nitrogen and oxygen atoms in total. The van der Waals surface area contributed by atoms with Crippen molar-refractivity contribution in [2.75, 3.05) is 7.11 Å². The topological polar surface area (TPSA) is 74.0 Å². The molecule has 1 amide bonds. The fraction of sp³-hybridized carbons (Fsp3) is 0.250. The Balaban J connectivity index is 1.71. The zero-order valence-electron chi connectivity index (χ0n) is 16.1. The molecule has 28 heavy (non-hydrogen) atoms. The molecule has 144 valence electrons. The second-order valence-electron chi connectivity index (χ2n) is 6.62. The predicted molar refractivity (Wildman–Crippen MR) is 109 cm³/mol. The van der Waals surface area contributed by atoms with Gasteiger partial charge in [-0.15, -0.1) is 11.3 Å². The summed E-state index contributed by atoms with van der Waals surface area (Å²) in [6.45, 7) is 1.95. The van der Waals surface area contributed by atoms with Crippen molar-refractivity contribution in [3.8, 4) is 5.75 Å². The minimum absolute atomic E-state index is 0.142. The van der Waals surface area contributed by atoms with Crippen LogP contribution < -0.4 is 10.1 Å². The summed E-state index contributed by atoms with van der Waals surface area (Å²) in [5, 5.41) is 8.54. The van der Waals surface area contributed by atoms with E-state index in [2.05, 4.69) is 15.4 Å². The Morgan fingerprint density at radius 1 is 1.29 bits per heavy atom. The van der Waals surface area contributed by atoms with Gasteiger partial charge in [-0.1, -0.05) is 12.1 Å². The molecule has 0 aliphatic carbocycles. The van der Waals surface area contributed by atoms with Crippen LogP contribution in [0.3, 0.4) is 0 Å². The molecular weight excluding hydrogens is 374 g/mol. The minimum Gasteiger partial charge on any atom is -0.497 e. The van der Waals surface area contributed by atoms with Gasteiger partial charge in [0.05, 0.1) is 17.7 Å². The van der Waals surface area contributed by atoms with Crippen molar-refractivity contribution >= 4 is 27.5 Å². The highest BCUT2D eigenvalue weighted by Crippen LogP contribution is 2.29. The molecule has 1 N–H and O–H groups in total. The summed E-state index contributed by atoms with van der Waals surface area (Å²) in [4.78, 5) is 19.2. The van der Waals surface area contributed by atoms with Crippen LogP contribution in [0.2, 0.25) is 0 Å². The number of imidazole rings is 1. The van der Waals surface area contributed by atoms with Gasteiger partial charge in [0.2, 0.25) is 0 Å². The smallest absolute Gasteiger partial charge is 0.262 e. The van der Waals surface area contributed by atoms with Crippen LogP contribution in [0.25, 0.3) is 10.2 Å². The maximum Gasteiger partial charge on any atom is 0.262 e. The summed E-state index contributed by atoms with van der Waals surface area (Å²) < 4.78 is 9.07. The van der Waals surface area contributed by atoms with Crippen LogP contribution >= 0.6 is 11.3 Å². The Bertz CT molecular complexity index is 1120. The second kappa shape index (κ2) is 7.12. The number of nitrogens with zero attached hydrogens (tertiary/aromatic N) is 4. The first-order valence-corrected chi connectivity index (χ1v) is 9.64. The number of amides is 1. The van der Waals surface area contributed by atoms with Crippen molar-refractivity contribution in [3.05, 3.63) is 64.7 Å². The Labute approximate surface area is 166 Å². The zero-order valence-corrected chi connectivity index (χ0v) is 16.9. The molecule has 1 aromatic carbocycles. The Morgan fingerprint density at radius 2 is 2.11 bits per heavy atom. The van der Waals surface area contributed by atoms with E-state index in [4.69, 9.17) is 4.74 Å². The van der Waals surface area contributed by atoms with E-state index in [0.717, 1.165) is 33.0 Å². The number of aromatic nitrogens is 4. The molecule has 4 rings (SSSR count). The van der Waals surface area contributed by atoms with Crippen LogP contribution in [0.4, 0.5) is 0 Å². The first-order chi connectivity index (χ1) is 13.5. The van der Waals surface area contributed by atoms with Gasteiger partial charge in [0.25, 0.3) is 5.91 Å². The Morgan fingerprint density at radius 3 is 2.79 bits per heavy atom. The quantitative estimate of drug-likeness (QED) is 0.563. The average Bonchev–Trinajstić information content (AvgIpc) is 3.38. The Kier molecular flexibility index (Phi) is 4.64. The number of ether oxygens (including phenoxy) is 1. The number of carbonyl (C=O) groups excluding carboxylic acids is 1. The van der Waals surface area contributed by atoms with Crippen LogP contribution in [0.5, 0.6) is 5.75 Å². The lowest BCUT2D eigenvalue weighted by molar-refractivity contribution is 0.0945. The number of fused-ring (bicyclic) bond motifs is 1. The highest BCUT2D eigenvalue weighted by molar-refractivity contribution is 7.20. The van der Waals surface area contributed by atoms with E-state index >= 15 is 0 Å². The summed E-state index contributed by atoms with van der Waals surface area (Å²) >= 11 is 1.44. The number of benzene rings is 1. The monoisotopic (exact) mass is 395 g/mol. The predicted octanol–water partition coefficient (Wildman–Crippen LogP) is 3.20. The van der Waals surface area contributed by atoms with Gasteiger partial charge in [0, 0.05) is 31.9 Å². The molecule has 0 saturated carbocycles. The van der Waals surface area contributed by atoms with Gasteiger partial charge in [-0.2, -0.15) is 5.10 Å². The highest BCUT2D eigenvalue weighted by Gasteiger charge is 2.23.